The van der Waals surface area contributed by atoms with Crippen LogP contribution in [-0.2, 0) is 4.74 Å². The van der Waals surface area contributed by atoms with E-state index in [1.165, 1.54) is 11.3 Å². The molecule has 4 nitrogen and oxygen atoms in total. The molecule has 18 heavy (non-hydrogen) atoms. The van der Waals surface area contributed by atoms with Gasteiger partial charge in [0.05, 0.1) is 28.5 Å². The highest BCUT2D eigenvalue weighted by Gasteiger charge is 2.23. The Kier molecular flexibility index (Phi) is 6.81. The molecule has 0 bridgehead atoms. The largest absolute Gasteiger partial charge is 0.395 e. The highest BCUT2D eigenvalue weighted by Crippen LogP contribution is 2.23. The molecule has 1 rings (SSSR count). The fourth-order valence-electron chi connectivity index (χ4n) is 1.65. The van der Waals surface area contributed by atoms with E-state index in [9.17, 15) is 4.79 Å². The number of ether oxygens (including phenoxy) is 1. The number of hydrogen-bond acceptors (Lipinski definition) is 5. The lowest BCUT2D eigenvalue weighted by atomic mass is 10.1. The number of aliphatic hydroxyl groups excluding tert-OH is 1. The smallest absolute Gasteiger partial charge is 0.189 e. The van der Waals surface area contributed by atoms with Crippen LogP contribution >= 0.6 is 22.9 Å². The summed E-state index contributed by atoms with van der Waals surface area (Å²) in [5.74, 6) is 0.0245. The molecular weight excluding hydrogens is 274 g/mol. The SMILES string of the molecule is COCCN(CCO)C(C)C(=O)c1ccc(Cl)s1. The van der Waals surface area contributed by atoms with Crippen LogP contribution in [-0.4, -0.2) is 55.2 Å². The predicted molar refractivity (Wildman–Crippen MR) is 73.7 cm³/mol. The fraction of sp³-hybridized carbons (Fsp3) is 0.583. The lowest BCUT2D eigenvalue weighted by Crippen LogP contribution is -2.42. The average Bonchev–Trinajstić information content (AvgIpc) is 2.79. The van der Waals surface area contributed by atoms with Crippen LogP contribution < -0.4 is 0 Å². The van der Waals surface area contributed by atoms with Crippen LogP contribution in [0.1, 0.15) is 16.6 Å². The van der Waals surface area contributed by atoms with Crippen LogP contribution in [0, 0.1) is 0 Å². The average molecular weight is 292 g/mol. The highest BCUT2D eigenvalue weighted by atomic mass is 35.5. The van der Waals surface area contributed by atoms with E-state index < -0.39 is 0 Å². The molecule has 0 aliphatic heterocycles. The summed E-state index contributed by atoms with van der Waals surface area (Å²) < 4.78 is 5.61. The van der Waals surface area contributed by atoms with E-state index in [1.807, 2.05) is 11.8 Å². The third-order valence-electron chi connectivity index (χ3n) is 2.71. The quantitative estimate of drug-likeness (QED) is 0.744. The number of methoxy groups -OCH3 is 1. The Balaban J connectivity index is 2.69. The van der Waals surface area contributed by atoms with Crippen molar-refractivity contribution in [1.29, 1.82) is 0 Å². The Morgan fingerprint density at radius 1 is 1.56 bits per heavy atom. The molecule has 0 amide bonds. The molecule has 0 fully saturated rings. The highest BCUT2D eigenvalue weighted by molar-refractivity contribution is 7.18. The van der Waals surface area contributed by atoms with Crippen molar-refractivity contribution in [3.63, 3.8) is 0 Å². The summed E-state index contributed by atoms with van der Waals surface area (Å²) in [6.07, 6.45) is 0. The number of thiophene rings is 1. The maximum absolute atomic E-state index is 12.2. The lowest BCUT2D eigenvalue weighted by Gasteiger charge is -2.26. The summed E-state index contributed by atoms with van der Waals surface area (Å²) in [4.78, 5) is 14.8. The van der Waals surface area contributed by atoms with Gasteiger partial charge in [0.15, 0.2) is 5.78 Å². The molecule has 102 valence electrons. The Morgan fingerprint density at radius 3 is 2.78 bits per heavy atom. The monoisotopic (exact) mass is 291 g/mol. The maximum Gasteiger partial charge on any atom is 0.189 e. The molecule has 0 aliphatic rings. The van der Waals surface area contributed by atoms with Crippen molar-refractivity contribution in [3.8, 4) is 0 Å². The number of carbonyl (C=O) groups is 1. The normalized spacial score (nSPS) is 12.9. The van der Waals surface area contributed by atoms with Crippen LogP contribution in [0.4, 0.5) is 0 Å². The third-order valence-corrected chi connectivity index (χ3v) is 3.96. The van der Waals surface area contributed by atoms with Gasteiger partial charge in [0, 0.05) is 20.2 Å². The van der Waals surface area contributed by atoms with Crippen molar-refractivity contribution in [2.24, 2.45) is 0 Å². The molecule has 1 aromatic heterocycles. The minimum Gasteiger partial charge on any atom is -0.395 e. The molecule has 1 atom stereocenters. The molecule has 0 saturated carbocycles. The standard InChI is InChI=1S/C12H18ClNO3S/c1-9(14(5-7-15)6-8-17-2)12(16)10-3-4-11(13)18-10/h3-4,9,15H,5-8H2,1-2H3. The van der Waals surface area contributed by atoms with Gasteiger partial charge in [-0.1, -0.05) is 11.6 Å². The summed E-state index contributed by atoms with van der Waals surface area (Å²) in [5, 5.41) is 9.03. The first kappa shape index (κ1) is 15.6. The number of nitrogens with zero attached hydrogens (tertiary/aromatic N) is 1. The zero-order chi connectivity index (χ0) is 13.5. The van der Waals surface area contributed by atoms with Gasteiger partial charge in [0.1, 0.15) is 0 Å². The van der Waals surface area contributed by atoms with E-state index in [-0.39, 0.29) is 18.4 Å². The van der Waals surface area contributed by atoms with Gasteiger partial charge in [-0.25, -0.2) is 0 Å². The lowest BCUT2D eigenvalue weighted by molar-refractivity contribution is 0.0734. The number of rotatable bonds is 8. The van der Waals surface area contributed by atoms with Gasteiger partial charge in [0.25, 0.3) is 0 Å². The van der Waals surface area contributed by atoms with Gasteiger partial charge in [-0.15, -0.1) is 11.3 Å². The first-order valence-electron chi connectivity index (χ1n) is 5.73. The number of halogens is 1. The summed E-state index contributed by atoms with van der Waals surface area (Å²) in [6.45, 7) is 3.45. The number of ketones is 1. The van der Waals surface area contributed by atoms with Crippen LogP contribution in [0.2, 0.25) is 4.34 Å². The summed E-state index contributed by atoms with van der Waals surface area (Å²) in [6, 6.07) is 3.17. The Bertz CT molecular complexity index is 383. The van der Waals surface area contributed by atoms with E-state index in [2.05, 4.69) is 0 Å². The zero-order valence-electron chi connectivity index (χ0n) is 10.6. The van der Waals surface area contributed by atoms with E-state index in [4.69, 9.17) is 21.4 Å². The molecule has 6 heteroatoms. The topological polar surface area (TPSA) is 49.8 Å². The van der Waals surface area contributed by atoms with Crippen molar-refractivity contribution in [1.82, 2.24) is 4.90 Å². The van der Waals surface area contributed by atoms with Crippen LogP contribution in [0.25, 0.3) is 0 Å². The number of carbonyl (C=O) groups excluding carboxylic acids is 1. The zero-order valence-corrected chi connectivity index (χ0v) is 12.1. The van der Waals surface area contributed by atoms with Crippen molar-refractivity contribution in [3.05, 3.63) is 21.3 Å². The first-order valence-corrected chi connectivity index (χ1v) is 6.93. The van der Waals surface area contributed by atoms with Crippen LogP contribution in [0.15, 0.2) is 12.1 Å². The summed E-state index contributed by atoms with van der Waals surface area (Å²) in [7, 11) is 1.61. The summed E-state index contributed by atoms with van der Waals surface area (Å²) in [5.41, 5.74) is 0. The van der Waals surface area contributed by atoms with Crippen LogP contribution in [0.3, 0.4) is 0 Å². The summed E-state index contributed by atoms with van der Waals surface area (Å²) >= 11 is 7.11. The van der Waals surface area contributed by atoms with Gasteiger partial charge in [-0.3, -0.25) is 9.69 Å². The first-order chi connectivity index (χ1) is 8.60. The van der Waals surface area contributed by atoms with E-state index >= 15 is 0 Å². The Labute approximate surface area is 116 Å². The fourth-order valence-corrected chi connectivity index (χ4v) is 2.72. The number of hydrogen-bond donors (Lipinski definition) is 1. The van der Waals surface area contributed by atoms with Gasteiger partial charge in [-0.2, -0.15) is 0 Å². The molecule has 1 aromatic rings. The number of aliphatic hydroxyl groups is 1. The predicted octanol–water partition coefficient (Wildman–Crippen LogP) is 1.91. The maximum atomic E-state index is 12.2. The second-order valence-electron chi connectivity index (χ2n) is 3.90. The van der Waals surface area contributed by atoms with E-state index in [0.29, 0.717) is 28.9 Å². The van der Waals surface area contributed by atoms with Gasteiger partial charge in [0.2, 0.25) is 0 Å². The van der Waals surface area contributed by atoms with Crippen molar-refractivity contribution >= 4 is 28.7 Å². The van der Waals surface area contributed by atoms with Crippen LogP contribution in [0.5, 0.6) is 0 Å². The molecule has 0 spiro atoms. The molecule has 1 heterocycles. The number of Topliss-reactive ketones (excluding diaryl/α,β-unsaturated/α-hetero) is 1. The van der Waals surface area contributed by atoms with Crippen molar-refractivity contribution in [2.45, 2.75) is 13.0 Å². The molecule has 0 radical (unpaired) electrons. The van der Waals surface area contributed by atoms with Crippen molar-refractivity contribution in [2.75, 3.05) is 33.4 Å². The Hall–Kier alpha value is -0.460. The van der Waals surface area contributed by atoms with Crippen molar-refractivity contribution < 1.29 is 14.6 Å². The molecule has 0 saturated heterocycles. The van der Waals surface area contributed by atoms with Gasteiger partial charge in [-0.05, 0) is 19.1 Å². The van der Waals surface area contributed by atoms with Gasteiger partial charge < -0.3 is 9.84 Å². The molecular formula is C12H18ClNO3S. The molecule has 1 unspecified atom stereocenters. The second kappa shape index (κ2) is 7.86. The minimum atomic E-state index is -0.290. The Morgan fingerprint density at radius 2 is 2.28 bits per heavy atom. The second-order valence-corrected chi connectivity index (χ2v) is 5.61. The van der Waals surface area contributed by atoms with E-state index in [1.54, 1.807) is 19.2 Å². The van der Waals surface area contributed by atoms with E-state index in [0.717, 1.165) is 0 Å². The van der Waals surface area contributed by atoms with Gasteiger partial charge >= 0.3 is 0 Å². The molecule has 0 aromatic carbocycles. The minimum absolute atomic E-state index is 0.0204. The molecule has 1 N–H and O–H groups in total. The third kappa shape index (κ3) is 4.33. The molecule has 0 aliphatic carbocycles.